The highest BCUT2D eigenvalue weighted by Gasteiger charge is 2.64. The van der Waals surface area contributed by atoms with Gasteiger partial charge in [-0.25, -0.2) is 0 Å². The van der Waals surface area contributed by atoms with Gasteiger partial charge in [-0.05, 0) is 164 Å². The third kappa shape index (κ3) is 10.3. The first-order chi connectivity index (χ1) is 35.7. The predicted molar refractivity (Wildman–Crippen MR) is 295 cm³/mol. The van der Waals surface area contributed by atoms with Crippen molar-refractivity contribution in [3.8, 4) is 0 Å². The molecule has 17 heteroatoms. The number of carbonyl (C=O) groups excluding carboxylic acids is 5. The molecule has 2 amide bonds. The molecule has 10 rings (SSSR count). The maximum atomic E-state index is 14.1. The number of aromatic nitrogens is 4. The van der Waals surface area contributed by atoms with E-state index in [1.54, 1.807) is 72.4 Å². The minimum Gasteiger partial charge on any atom is -0.481 e. The highest BCUT2D eigenvalue weighted by molar-refractivity contribution is 6.40. The SMILES string of the molecule is CC(=O)C1(C)CCC(n2ncc(C(=O)N(CC(=O)c3c(Cl)cccc3Cl)C3C[C@@H]4[C@H](C3)C4(C)C)c2C)CC1.Cc1c(C(=O)N(CC(=O)c2c(Cl)cccc2Cl)C2C[C@@H]3[C@H](C2)C3(C)C)cnn1C1CCC(C)(C(=O)O)CC1. The lowest BCUT2D eigenvalue weighted by atomic mass is 9.71. The molecule has 408 valence electrons. The molecule has 6 saturated carbocycles. The molecule has 2 aromatic heterocycles. The molecule has 4 aromatic rings. The minimum atomic E-state index is -0.763. The van der Waals surface area contributed by atoms with Gasteiger partial charge in [0.1, 0.15) is 5.78 Å². The summed E-state index contributed by atoms with van der Waals surface area (Å²) >= 11 is 25.3. The topological polar surface area (TPSA) is 165 Å². The maximum absolute atomic E-state index is 14.1. The Hall–Kier alpha value is -4.56. The monoisotopic (exact) mass is 1120 g/mol. The number of carboxylic acid groups (broad SMARTS) is 1. The normalized spacial score (nSPS) is 29.5. The molecule has 2 heterocycles. The lowest BCUT2D eigenvalue weighted by Crippen LogP contribution is -2.43. The van der Waals surface area contributed by atoms with E-state index in [0.29, 0.717) is 75.9 Å². The third-order valence-electron chi connectivity index (χ3n) is 19.9. The van der Waals surface area contributed by atoms with Crippen LogP contribution in [0.5, 0.6) is 0 Å². The van der Waals surface area contributed by atoms with Gasteiger partial charge in [0.15, 0.2) is 11.6 Å². The number of aliphatic carboxylic acids is 1. The van der Waals surface area contributed by atoms with Crippen LogP contribution in [-0.4, -0.2) is 94.8 Å². The predicted octanol–water partition coefficient (Wildman–Crippen LogP) is 13.4. The summed E-state index contributed by atoms with van der Waals surface area (Å²) in [5.41, 5.74) is 2.67. The van der Waals surface area contributed by atoms with Crippen molar-refractivity contribution in [1.29, 1.82) is 0 Å². The van der Waals surface area contributed by atoms with Crippen molar-refractivity contribution in [2.75, 3.05) is 13.1 Å². The van der Waals surface area contributed by atoms with E-state index < -0.39 is 11.4 Å². The van der Waals surface area contributed by atoms with E-state index >= 15 is 0 Å². The maximum Gasteiger partial charge on any atom is 0.309 e. The fourth-order valence-corrected chi connectivity index (χ4v) is 15.3. The van der Waals surface area contributed by atoms with E-state index in [1.165, 1.54) is 0 Å². The van der Waals surface area contributed by atoms with Crippen molar-refractivity contribution in [2.45, 2.75) is 164 Å². The molecule has 0 radical (unpaired) electrons. The molecular weight excluding hydrogens is 1050 g/mol. The summed E-state index contributed by atoms with van der Waals surface area (Å²) in [5, 5.41) is 19.9. The molecule has 6 fully saturated rings. The standard InChI is InChI=1S/C30H37Cl2N3O3.C29H35Cl2N3O4/c1-17-21(15-33-35(17)19-9-11-30(5,12-10-19)18(2)36)28(38)34(20-13-22-23(14-20)29(22,3)4)16-26(37)27-24(31)7-6-8-25(27)32;1-16-19(14-32-34(16)17-8-10-29(4,11-9-17)27(37)38)26(36)33(18-12-20-21(13-18)28(20,2)3)15-24(35)25-22(30)6-5-7-23(25)31/h6-8,15,19-20,22-23H,9-14,16H2,1-5H3;5-7,14,17-18,20-21H,8-13,15H2,1-4H3,(H,37,38)/t19?,20?,22-,23+,30?;17?,18?,20-,21+,29?. The number of halogens is 4. The zero-order chi connectivity index (χ0) is 55.1. The van der Waals surface area contributed by atoms with Crippen molar-refractivity contribution in [3.05, 3.63) is 103 Å². The Morgan fingerprint density at radius 3 is 1.18 bits per heavy atom. The number of hydrogen-bond acceptors (Lipinski definition) is 8. The van der Waals surface area contributed by atoms with Crippen molar-refractivity contribution in [3.63, 3.8) is 0 Å². The molecule has 6 aliphatic rings. The molecule has 2 aromatic carbocycles. The molecule has 13 nitrogen and oxygen atoms in total. The summed E-state index contributed by atoms with van der Waals surface area (Å²) in [6.45, 7) is 18.3. The molecule has 1 N–H and O–H groups in total. The van der Waals surface area contributed by atoms with Gasteiger partial charge in [0.25, 0.3) is 11.8 Å². The summed E-state index contributed by atoms with van der Waals surface area (Å²) in [7, 11) is 0. The van der Waals surface area contributed by atoms with Crippen molar-refractivity contribution in [1.82, 2.24) is 29.4 Å². The number of carbonyl (C=O) groups is 6. The third-order valence-corrected chi connectivity index (χ3v) is 21.2. The fourth-order valence-electron chi connectivity index (χ4n) is 14.0. The Morgan fingerprint density at radius 2 is 0.882 bits per heavy atom. The van der Waals surface area contributed by atoms with Crippen LogP contribution in [0.15, 0.2) is 48.8 Å². The van der Waals surface area contributed by atoms with Crippen LogP contribution in [0.3, 0.4) is 0 Å². The minimum absolute atomic E-state index is 0.00977. The molecular formula is C59H72Cl4N6O7. The second-order valence-corrected chi connectivity index (χ2v) is 26.5. The van der Waals surface area contributed by atoms with E-state index in [9.17, 15) is 33.9 Å². The first kappa shape index (κ1) is 56.2. The van der Waals surface area contributed by atoms with Crippen LogP contribution in [-0.2, 0) is 9.59 Å². The summed E-state index contributed by atoms with van der Waals surface area (Å²) in [4.78, 5) is 82.2. The lowest BCUT2D eigenvalue weighted by molar-refractivity contribution is -0.150. The Bertz CT molecular complexity index is 2720. The van der Waals surface area contributed by atoms with Crippen molar-refractivity contribution < 1.29 is 33.9 Å². The molecule has 0 aliphatic heterocycles. The number of nitrogens with zero attached hydrogens (tertiary/aromatic N) is 6. The summed E-state index contributed by atoms with van der Waals surface area (Å²) < 4.78 is 3.82. The molecule has 6 aliphatic carbocycles. The Balaban J connectivity index is 0.000000186. The number of rotatable bonds is 14. The average Bonchev–Trinajstić information content (AvgIpc) is 3.98. The van der Waals surface area contributed by atoms with E-state index in [0.717, 1.165) is 62.8 Å². The van der Waals surface area contributed by atoms with E-state index in [-0.39, 0.29) is 98.4 Å². The molecule has 76 heavy (non-hydrogen) atoms. The fraction of sp³-hybridized carbons (Fsp3) is 0.593. The summed E-state index contributed by atoms with van der Waals surface area (Å²) in [5.74, 6) is 0.814. The van der Waals surface area contributed by atoms with Gasteiger partial charge in [0, 0.05) is 28.9 Å². The number of hydrogen-bond donors (Lipinski definition) is 1. The number of carboxylic acids is 1. The largest absolute Gasteiger partial charge is 0.481 e. The van der Waals surface area contributed by atoms with Gasteiger partial charge < -0.3 is 14.9 Å². The van der Waals surface area contributed by atoms with Crippen LogP contribution >= 0.6 is 46.4 Å². The van der Waals surface area contributed by atoms with E-state index in [1.807, 2.05) is 30.1 Å². The number of ketones is 3. The molecule has 0 spiro atoms. The van der Waals surface area contributed by atoms with E-state index in [2.05, 4.69) is 37.9 Å². The molecule has 6 atom stereocenters. The van der Waals surface area contributed by atoms with Crippen LogP contribution in [0.25, 0.3) is 0 Å². The summed E-state index contributed by atoms with van der Waals surface area (Å²) in [6.07, 6.45) is 12.6. The number of fused-ring (bicyclic) bond motifs is 2. The number of Topliss-reactive ketones (excluding diaryl/α,β-unsaturated/α-hetero) is 3. The van der Waals surface area contributed by atoms with E-state index in [4.69, 9.17) is 46.4 Å². The van der Waals surface area contributed by atoms with Crippen LogP contribution in [0.1, 0.15) is 190 Å². The zero-order valence-corrected chi connectivity index (χ0v) is 48.3. The zero-order valence-electron chi connectivity index (χ0n) is 45.2. The highest BCUT2D eigenvalue weighted by atomic mass is 35.5. The molecule has 0 bridgehead atoms. The number of amides is 2. The Kier molecular flexibility index (Phi) is 15.5. The second-order valence-electron chi connectivity index (χ2n) is 24.8. The first-order valence-corrected chi connectivity index (χ1v) is 28.6. The Morgan fingerprint density at radius 1 is 0.566 bits per heavy atom. The van der Waals surface area contributed by atoms with Gasteiger partial charge in [-0.3, -0.25) is 38.1 Å². The van der Waals surface area contributed by atoms with Gasteiger partial charge in [0.05, 0.1) is 85.3 Å². The quantitative estimate of drug-likeness (QED) is 0.121. The lowest BCUT2D eigenvalue weighted by Gasteiger charge is -2.36. The first-order valence-electron chi connectivity index (χ1n) is 27.1. The van der Waals surface area contributed by atoms with Crippen LogP contribution in [0.4, 0.5) is 0 Å². The number of benzene rings is 2. The van der Waals surface area contributed by atoms with Gasteiger partial charge in [-0.15, -0.1) is 0 Å². The molecule has 0 saturated heterocycles. The second kappa shape index (κ2) is 20.9. The van der Waals surface area contributed by atoms with Crippen LogP contribution in [0.2, 0.25) is 20.1 Å². The van der Waals surface area contributed by atoms with Crippen LogP contribution in [0, 0.1) is 59.2 Å². The van der Waals surface area contributed by atoms with Gasteiger partial charge >= 0.3 is 5.97 Å². The van der Waals surface area contributed by atoms with Crippen LogP contribution < -0.4 is 0 Å². The van der Waals surface area contributed by atoms with Crippen molar-refractivity contribution >= 4 is 81.5 Å². The smallest absolute Gasteiger partial charge is 0.309 e. The average molecular weight is 1120 g/mol. The molecule has 2 unspecified atom stereocenters. The Labute approximate surface area is 466 Å². The highest BCUT2D eigenvalue weighted by Crippen LogP contribution is 2.68. The van der Waals surface area contributed by atoms with Gasteiger partial charge in [-0.2, -0.15) is 10.2 Å². The van der Waals surface area contributed by atoms with Gasteiger partial charge in [0.2, 0.25) is 0 Å². The van der Waals surface area contributed by atoms with Gasteiger partial charge in [-0.1, -0.05) is 93.2 Å². The summed E-state index contributed by atoms with van der Waals surface area (Å²) in [6, 6.07) is 10.1. The van der Waals surface area contributed by atoms with Crippen molar-refractivity contribution in [2.24, 2.45) is 45.3 Å².